The maximum Gasteiger partial charge on any atom is 0.410 e. The first kappa shape index (κ1) is 23.6. The van der Waals surface area contributed by atoms with Gasteiger partial charge in [-0.15, -0.1) is 0 Å². The van der Waals surface area contributed by atoms with Gasteiger partial charge < -0.3 is 29.6 Å². The highest BCUT2D eigenvalue weighted by Crippen LogP contribution is 2.15. The zero-order valence-corrected chi connectivity index (χ0v) is 18.7. The Balaban J connectivity index is 1.95. The molecule has 2 N–H and O–H groups in total. The standard InChI is InChI=1S/C21H35N5O4/c1-21(2,3)30-20(28)26-12-6-8-16(15-26)24-19(23-14-18(27)25(4)5)22-11-10-17-9-7-13-29-17/h7,9,13,16H,6,8,10-12,14-15H2,1-5H3,(H2,22,23,24). The van der Waals surface area contributed by atoms with Crippen molar-refractivity contribution in [3.63, 3.8) is 0 Å². The van der Waals surface area contributed by atoms with Gasteiger partial charge in [-0.05, 0) is 45.7 Å². The molecule has 1 aliphatic heterocycles. The molecule has 9 nitrogen and oxygen atoms in total. The monoisotopic (exact) mass is 421 g/mol. The Morgan fingerprint density at radius 3 is 2.77 bits per heavy atom. The largest absolute Gasteiger partial charge is 0.469 e. The Morgan fingerprint density at radius 2 is 2.13 bits per heavy atom. The predicted octanol–water partition coefficient (Wildman–Crippen LogP) is 1.85. The number of hydrogen-bond donors (Lipinski definition) is 2. The summed E-state index contributed by atoms with van der Waals surface area (Å²) in [5.74, 6) is 1.34. The van der Waals surface area contributed by atoms with E-state index >= 15 is 0 Å². The Morgan fingerprint density at radius 1 is 1.37 bits per heavy atom. The number of carbonyl (C=O) groups excluding carboxylic acids is 2. The number of guanidine groups is 1. The van der Waals surface area contributed by atoms with Crippen LogP contribution in [0.3, 0.4) is 0 Å². The molecule has 168 valence electrons. The lowest BCUT2D eigenvalue weighted by Crippen LogP contribution is -2.53. The molecule has 2 heterocycles. The number of nitrogens with one attached hydrogen (secondary N) is 2. The van der Waals surface area contributed by atoms with Crippen molar-refractivity contribution in [3.8, 4) is 0 Å². The fourth-order valence-corrected chi connectivity index (χ4v) is 2.98. The van der Waals surface area contributed by atoms with Gasteiger partial charge in [-0.25, -0.2) is 9.79 Å². The molecule has 0 aromatic carbocycles. The van der Waals surface area contributed by atoms with E-state index in [0.717, 1.165) is 18.6 Å². The third kappa shape index (κ3) is 8.34. The molecule has 1 atom stereocenters. The number of piperidine rings is 1. The van der Waals surface area contributed by atoms with Crippen molar-refractivity contribution in [2.24, 2.45) is 4.99 Å². The summed E-state index contributed by atoms with van der Waals surface area (Å²) in [6, 6.07) is 3.79. The van der Waals surface area contributed by atoms with Crippen LogP contribution < -0.4 is 10.6 Å². The van der Waals surface area contributed by atoms with Crippen molar-refractivity contribution in [2.45, 2.75) is 51.7 Å². The van der Waals surface area contributed by atoms with E-state index in [1.807, 2.05) is 32.9 Å². The van der Waals surface area contributed by atoms with Gasteiger partial charge in [0.25, 0.3) is 0 Å². The van der Waals surface area contributed by atoms with Crippen LogP contribution >= 0.6 is 0 Å². The molecule has 30 heavy (non-hydrogen) atoms. The second-order valence-corrected chi connectivity index (χ2v) is 8.62. The number of furan rings is 1. The number of hydrogen-bond acceptors (Lipinski definition) is 5. The summed E-state index contributed by atoms with van der Waals surface area (Å²) in [7, 11) is 3.41. The molecule has 2 rings (SSSR count). The zero-order chi connectivity index (χ0) is 22.1. The summed E-state index contributed by atoms with van der Waals surface area (Å²) >= 11 is 0. The van der Waals surface area contributed by atoms with Crippen LogP contribution in [0.2, 0.25) is 0 Å². The molecule has 0 saturated carbocycles. The van der Waals surface area contributed by atoms with Gasteiger partial charge >= 0.3 is 6.09 Å². The van der Waals surface area contributed by atoms with E-state index in [9.17, 15) is 9.59 Å². The second-order valence-electron chi connectivity index (χ2n) is 8.62. The van der Waals surface area contributed by atoms with Crippen LogP contribution in [0.4, 0.5) is 4.79 Å². The van der Waals surface area contributed by atoms with Crippen molar-refractivity contribution in [2.75, 3.05) is 40.3 Å². The highest BCUT2D eigenvalue weighted by Gasteiger charge is 2.28. The SMILES string of the molecule is CN(C)C(=O)CN=C(NCCc1ccco1)NC1CCCN(C(=O)OC(C)(C)C)C1. The number of nitrogens with zero attached hydrogens (tertiary/aromatic N) is 3. The smallest absolute Gasteiger partial charge is 0.410 e. The molecule has 0 spiro atoms. The van der Waals surface area contributed by atoms with Gasteiger partial charge in [0, 0.05) is 46.2 Å². The normalized spacial score (nSPS) is 17.4. The first-order chi connectivity index (χ1) is 14.1. The molecular formula is C21H35N5O4. The molecule has 1 aromatic heterocycles. The number of rotatable bonds is 6. The molecule has 1 aliphatic rings. The van der Waals surface area contributed by atoms with Crippen molar-refractivity contribution in [1.82, 2.24) is 20.4 Å². The number of likely N-dealkylation sites (N-methyl/N-ethyl adjacent to an activating group) is 1. The summed E-state index contributed by atoms with van der Waals surface area (Å²) in [5, 5.41) is 6.62. The van der Waals surface area contributed by atoms with Gasteiger partial charge in [0.05, 0.1) is 6.26 Å². The molecule has 0 aliphatic carbocycles. The Hall–Kier alpha value is -2.71. The van der Waals surface area contributed by atoms with Gasteiger partial charge in [0.15, 0.2) is 5.96 Å². The summed E-state index contributed by atoms with van der Waals surface area (Å²) in [5.41, 5.74) is -0.524. The van der Waals surface area contributed by atoms with Crippen LogP contribution in [0, 0.1) is 0 Å². The van der Waals surface area contributed by atoms with Crippen LogP contribution in [0.25, 0.3) is 0 Å². The molecule has 9 heteroatoms. The minimum Gasteiger partial charge on any atom is -0.469 e. The number of carbonyl (C=O) groups is 2. The van der Waals surface area contributed by atoms with Gasteiger partial charge in [-0.3, -0.25) is 4.79 Å². The maximum atomic E-state index is 12.4. The van der Waals surface area contributed by atoms with Gasteiger partial charge in [0.2, 0.25) is 5.91 Å². The molecule has 1 fully saturated rings. The molecule has 0 radical (unpaired) electrons. The van der Waals surface area contributed by atoms with E-state index in [-0.39, 0.29) is 24.6 Å². The quantitative estimate of drug-likeness (QED) is 0.537. The molecule has 1 aromatic rings. The van der Waals surface area contributed by atoms with Gasteiger partial charge in [0.1, 0.15) is 17.9 Å². The first-order valence-electron chi connectivity index (χ1n) is 10.4. The van der Waals surface area contributed by atoms with E-state index < -0.39 is 5.60 Å². The number of aliphatic imine (C=N–C) groups is 1. The van der Waals surface area contributed by atoms with Crippen LogP contribution in [0.5, 0.6) is 0 Å². The minimum absolute atomic E-state index is 0.0237. The second kappa shape index (κ2) is 10.9. The third-order valence-electron chi connectivity index (χ3n) is 4.53. The topological polar surface area (TPSA) is 99.4 Å². The highest BCUT2D eigenvalue weighted by molar-refractivity contribution is 5.85. The molecule has 2 amide bonds. The number of amides is 2. The fraction of sp³-hybridized carbons (Fsp3) is 0.667. The van der Waals surface area contributed by atoms with E-state index in [0.29, 0.717) is 32.0 Å². The van der Waals surface area contributed by atoms with Crippen LogP contribution in [-0.4, -0.2) is 79.7 Å². The lowest BCUT2D eigenvalue weighted by molar-refractivity contribution is -0.127. The number of ether oxygens (including phenoxy) is 1. The summed E-state index contributed by atoms with van der Waals surface area (Å²) in [6.45, 7) is 7.43. The highest BCUT2D eigenvalue weighted by atomic mass is 16.6. The summed E-state index contributed by atoms with van der Waals surface area (Å²) in [4.78, 5) is 32.0. The van der Waals surface area contributed by atoms with Crippen molar-refractivity contribution in [3.05, 3.63) is 24.2 Å². The number of likely N-dealkylation sites (tertiary alicyclic amines) is 1. The zero-order valence-electron chi connectivity index (χ0n) is 18.7. The predicted molar refractivity (Wildman–Crippen MR) is 115 cm³/mol. The van der Waals surface area contributed by atoms with E-state index in [1.54, 1.807) is 25.3 Å². The lowest BCUT2D eigenvalue weighted by atomic mass is 10.1. The molecular weight excluding hydrogens is 386 g/mol. The Labute approximate surface area is 178 Å². The lowest BCUT2D eigenvalue weighted by Gasteiger charge is -2.35. The summed E-state index contributed by atoms with van der Waals surface area (Å²) < 4.78 is 10.9. The Bertz CT molecular complexity index is 709. The average molecular weight is 422 g/mol. The van der Waals surface area contributed by atoms with Gasteiger partial charge in [-0.2, -0.15) is 0 Å². The van der Waals surface area contributed by atoms with E-state index in [2.05, 4.69) is 15.6 Å². The van der Waals surface area contributed by atoms with Crippen molar-refractivity contribution >= 4 is 18.0 Å². The molecule has 1 unspecified atom stereocenters. The molecule has 0 bridgehead atoms. The fourth-order valence-electron chi connectivity index (χ4n) is 2.98. The maximum absolute atomic E-state index is 12.4. The minimum atomic E-state index is -0.524. The third-order valence-corrected chi connectivity index (χ3v) is 4.53. The van der Waals surface area contributed by atoms with Crippen LogP contribution in [-0.2, 0) is 16.0 Å². The Kier molecular flexibility index (Phi) is 8.56. The molecule has 1 saturated heterocycles. The van der Waals surface area contributed by atoms with Crippen molar-refractivity contribution < 1.29 is 18.7 Å². The van der Waals surface area contributed by atoms with Crippen LogP contribution in [0.1, 0.15) is 39.4 Å². The average Bonchev–Trinajstić information content (AvgIpc) is 3.18. The van der Waals surface area contributed by atoms with Crippen molar-refractivity contribution in [1.29, 1.82) is 0 Å². The van der Waals surface area contributed by atoms with Gasteiger partial charge in [-0.1, -0.05) is 0 Å². The van der Waals surface area contributed by atoms with E-state index in [1.165, 1.54) is 4.90 Å². The first-order valence-corrected chi connectivity index (χ1v) is 10.4. The summed E-state index contributed by atoms with van der Waals surface area (Å²) in [6.07, 6.45) is 3.81. The van der Waals surface area contributed by atoms with E-state index in [4.69, 9.17) is 9.15 Å². The van der Waals surface area contributed by atoms with Crippen LogP contribution in [0.15, 0.2) is 27.8 Å².